The molecule has 10 nitrogen and oxygen atoms in total. The standard InChI is InChI=1S/C33H45N3O7/c1-20-13-12-16-23(28(20)38)27(36(25-17-21(25)2)26(37)19-34-31(41)43-33(6,7)8)29(39)35-24(30(40)42-32(3,4)5)18-22-14-10-9-11-15-22/h9-16,21,24-25,27,38H,17-19H2,1-8H3,(H,34,41)(H,35,39). The van der Waals surface area contributed by atoms with Gasteiger partial charge in [0.15, 0.2) is 0 Å². The lowest BCUT2D eigenvalue weighted by Crippen LogP contribution is -2.53. The molecule has 2 aromatic carbocycles. The van der Waals surface area contributed by atoms with Gasteiger partial charge in [0.1, 0.15) is 35.6 Å². The maximum Gasteiger partial charge on any atom is 0.408 e. The van der Waals surface area contributed by atoms with Gasteiger partial charge in [-0.15, -0.1) is 0 Å². The number of carbonyl (C=O) groups excluding carboxylic acids is 4. The number of nitrogens with zero attached hydrogens (tertiary/aromatic N) is 1. The van der Waals surface area contributed by atoms with Gasteiger partial charge in [0.2, 0.25) is 11.8 Å². The summed E-state index contributed by atoms with van der Waals surface area (Å²) in [6, 6.07) is 11.5. The molecule has 3 N–H and O–H groups in total. The predicted octanol–water partition coefficient (Wildman–Crippen LogP) is 4.57. The van der Waals surface area contributed by atoms with Crippen LogP contribution in [0.25, 0.3) is 0 Å². The fraction of sp³-hybridized carbons (Fsp3) is 0.515. The molecule has 2 aromatic rings. The summed E-state index contributed by atoms with van der Waals surface area (Å²) in [5.41, 5.74) is -0.0255. The molecular weight excluding hydrogens is 550 g/mol. The summed E-state index contributed by atoms with van der Waals surface area (Å²) in [4.78, 5) is 55.1. The lowest BCUT2D eigenvalue weighted by molar-refractivity contribution is -0.159. The van der Waals surface area contributed by atoms with Crippen molar-refractivity contribution in [3.05, 3.63) is 65.2 Å². The van der Waals surface area contributed by atoms with Crippen molar-refractivity contribution >= 4 is 23.9 Å². The number of phenolic OH excluding ortho intramolecular Hbond substituents is 1. The Labute approximate surface area is 254 Å². The maximum absolute atomic E-state index is 14.3. The Kier molecular flexibility index (Phi) is 10.5. The Balaban J connectivity index is 2.00. The van der Waals surface area contributed by atoms with Gasteiger partial charge in [-0.3, -0.25) is 9.59 Å². The molecule has 1 aliphatic rings. The normalized spacial score (nSPS) is 17.7. The van der Waals surface area contributed by atoms with Crippen molar-refractivity contribution in [1.82, 2.24) is 15.5 Å². The number of amides is 3. The number of carbonyl (C=O) groups is 4. The molecule has 3 rings (SSSR count). The third-order valence-electron chi connectivity index (χ3n) is 6.88. The second kappa shape index (κ2) is 13.5. The molecule has 10 heteroatoms. The molecule has 1 saturated carbocycles. The van der Waals surface area contributed by atoms with Gasteiger partial charge in [-0.1, -0.05) is 55.5 Å². The summed E-state index contributed by atoms with van der Waals surface area (Å²) in [7, 11) is 0. The van der Waals surface area contributed by atoms with Crippen LogP contribution in [0, 0.1) is 12.8 Å². The highest BCUT2D eigenvalue weighted by atomic mass is 16.6. The van der Waals surface area contributed by atoms with Crippen LogP contribution in [-0.2, 0) is 30.3 Å². The Bertz CT molecular complexity index is 1310. The van der Waals surface area contributed by atoms with Crippen LogP contribution >= 0.6 is 0 Å². The Morgan fingerprint density at radius 1 is 0.953 bits per heavy atom. The second-order valence-corrected chi connectivity index (χ2v) is 13.1. The van der Waals surface area contributed by atoms with E-state index < -0.39 is 53.7 Å². The van der Waals surface area contributed by atoms with Crippen LogP contribution < -0.4 is 10.6 Å². The molecule has 4 atom stereocenters. The van der Waals surface area contributed by atoms with E-state index in [1.807, 2.05) is 37.3 Å². The predicted molar refractivity (Wildman–Crippen MR) is 162 cm³/mol. The lowest BCUT2D eigenvalue weighted by Gasteiger charge is -2.34. The molecular formula is C33H45N3O7. The molecule has 0 spiro atoms. The highest BCUT2D eigenvalue weighted by molar-refractivity contribution is 5.93. The largest absolute Gasteiger partial charge is 0.507 e. The number of alkyl carbamates (subject to hydrolysis) is 1. The van der Waals surface area contributed by atoms with Gasteiger partial charge >= 0.3 is 12.1 Å². The third kappa shape index (κ3) is 9.73. The molecule has 234 valence electrons. The summed E-state index contributed by atoms with van der Waals surface area (Å²) in [6.07, 6.45) is 0.0210. The number of aromatic hydroxyl groups is 1. The van der Waals surface area contributed by atoms with Crippen molar-refractivity contribution in [2.75, 3.05) is 6.54 Å². The zero-order chi connectivity index (χ0) is 32.1. The first-order valence-corrected chi connectivity index (χ1v) is 14.6. The number of hydrogen-bond donors (Lipinski definition) is 3. The highest BCUT2D eigenvalue weighted by Crippen LogP contribution is 2.42. The van der Waals surface area contributed by atoms with Crippen LogP contribution in [0.15, 0.2) is 48.5 Å². The topological polar surface area (TPSA) is 134 Å². The molecule has 0 heterocycles. The zero-order valence-corrected chi connectivity index (χ0v) is 26.4. The second-order valence-electron chi connectivity index (χ2n) is 13.1. The molecule has 4 unspecified atom stereocenters. The molecule has 3 amide bonds. The molecule has 0 bridgehead atoms. The van der Waals surface area contributed by atoms with E-state index in [4.69, 9.17) is 9.47 Å². The number of aryl methyl sites for hydroxylation is 1. The molecule has 0 radical (unpaired) electrons. The zero-order valence-electron chi connectivity index (χ0n) is 26.4. The number of benzene rings is 2. The molecule has 1 fully saturated rings. The molecule has 1 aliphatic carbocycles. The van der Waals surface area contributed by atoms with Crippen molar-refractivity contribution < 1.29 is 33.8 Å². The summed E-state index contributed by atoms with van der Waals surface area (Å²) in [5, 5.41) is 16.4. The van der Waals surface area contributed by atoms with Gasteiger partial charge in [0.25, 0.3) is 0 Å². The van der Waals surface area contributed by atoms with Crippen LogP contribution in [0.2, 0.25) is 0 Å². The monoisotopic (exact) mass is 595 g/mol. The van der Waals surface area contributed by atoms with Crippen LogP contribution in [-0.4, -0.2) is 63.7 Å². The van der Waals surface area contributed by atoms with Crippen molar-refractivity contribution in [3.8, 4) is 5.75 Å². The minimum atomic E-state index is -1.29. The van der Waals surface area contributed by atoms with Crippen molar-refractivity contribution in [2.45, 2.75) is 97.6 Å². The molecule has 0 aromatic heterocycles. The van der Waals surface area contributed by atoms with Crippen LogP contribution in [0.3, 0.4) is 0 Å². The molecule has 43 heavy (non-hydrogen) atoms. The van der Waals surface area contributed by atoms with Gasteiger partial charge in [0, 0.05) is 18.0 Å². The minimum Gasteiger partial charge on any atom is -0.507 e. The minimum absolute atomic E-state index is 0.0821. The Morgan fingerprint density at radius 2 is 1.56 bits per heavy atom. The quantitative estimate of drug-likeness (QED) is 0.343. The number of ether oxygens (including phenoxy) is 2. The van der Waals surface area contributed by atoms with Crippen molar-refractivity contribution in [1.29, 1.82) is 0 Å². The van der Waals surface area contributed by atoms with E-state index in [-0.39, 0.29) is 29.7 Å². The van der Waals surface area contributed by atoms with E-state index in [9.17, 15) is 24.3 Å². The summed E-state index contributed by atoms with van der Waals surface area (Å²) >= 11 is 0. The van der Waals surface area contributed by atoms with E-state index in [1.165, 1.54) is 4.90 Å². The average molecular weight is 596 g/mol. The van der Waals surface area contributed by atoms with Gasteiger partial charge < -0.3 is 30.1 Å². The summed E-state index contributed by atoms with van der Waals surface area (Å²) < 4.78 is 10.9. The smallest absolute Gasteiger partial charge is 0.408 e. The van der Waals surface area contributed by atoms with Crippen LogP contribution in [0.1, 0.15) is 77.6 Å². The molecule has 0 saturated heterocycles. The number of rotatable bonds is 10. The third-order valence-corrected chi connectivity index (χ3v) is 6.88. The van der Waals surface area contributed by atoms with Gasteiger partial charge in [0.05, 0.1) is 0 Å². The fourth-order valence-electron chi connectivity index (χ4n) is 4.75. The first kappa shape index (κ1) is 33.4. The first-order valence-electron chi connectivity index (χ1n) is 14.6. The maximum atomic E-state index is 14.3. The fourth-order valence-corrected chi connectivity index (χ4v) is 4.75. The number of esters is 1. The van der Waals surface area contributed by atoms with Gasteiger partial charge in [-0.05, 0) is 71.9 Å². The Morgan fingerprint density at radius 3 is 2.12 bits per heavy atom. The van der Waals surface area contributed by atoms with Gasteiger partial charge in [-0.25, -0.2) is 9.59 Å². The van der Waals surface area contributed by atoms with Gasteiger partial charge in [-0.2, -0.15) is 0 Å². The van der Waals surface area contributed by atoms with E-state index in [2.05, 4.69) is 10.6 Å². The number of hydrogen-bond acceptors (Lipinski definition) is 7. The van der Waals surface area contributed by atoms with E-state index in [0.29, 0.717) is 12.0 Å². The number of phenols is 1. The van der Waals surface area contributed by atoms with E-state index in [0.717, 1.165) is 5.56 Å². The van der Waals surface area contributed by atoms with E-state index >= 15 is 0 Å². The van der Waals surface area contributed by atoms with Crippen molar-refractivity contribution in [2.24, 2.45) is 5.92 Å². The average Bonchev–Trinajstić information content (AvgIpc) is 3.61. The van der Waals surface area contributed by atoms with Crippen LogP contribution in [0.4, 0.5) is 4.79 Å². The summed E-state index contributed by atoms with van der Waals surface area (Å²) in [6.45, 7) is 13.6. The number of nitrogens with one attached hydrogen (secondary N) is 2. The van der Waals surface area contributed by atoms with Crippen molar-refractivity contribution in [3.63, 3.8) is 0 Å². The molecule has 0 aliphatic heterocycles. The van der Waals surface area contributed by atoms with E-state index in [1.54, 1.807) is 66.7 Å². The van der Waals surface area contributed by atoms with Crippen LogP contribution in [0.5, 0.6) is 5.75 Å². The highest BCUT2D eigenvalue weighted by Gasteiger charge is 2.47. The number of para-hydroxylation sites is 1. The summed E-state index contributed by atoms with van der Waals surface area (Å²) in [5.74, 6) is -1.86. The SMILES string of the molecule is Cc1cccc(C(C(=O)NC(Cc2ccccc2)C(=O)OC(C)(C)C)N(C(=O)CNC(=O)OC(C)(C)C)C2CC2C)c1O. The first-order chi connectivity index (χ1) is 20.0. The Hall–Kier alpha value is -4.08. The lowest BCUT2D eigenvalue weighted by atomic mass is 9.98.